The molecule has 0 unspecified atom stereocenters. The Kier molecular flexibility index (Phi) is 6.04. The minimum atomic E-state index is -0.378. The molecule has 0 radical (unpaired) electrons. The summed E-state index contributed by atoms with van der Waals surface area (Å²) in [6.07, 6.45) is 2.71. The first-order valence-corrected chi connectivity index (χ1v) is 12.5. The molecule has 0 fully saturated rings. The zero-order valence-corrected chi connectivity index (χ0v) is 21.5. The van der Waals surface area contributed by atoms with Gasteiger partial charge in [0, 0.05) is 22.3 Å². The van der Waals surface area contributed by atoms with Crippen LogP contribution in [-0.2, 0) is 4.79 Å². The van der Waals surface area contributed by atoms with Crippen molar-refractivity contribution in [2.24, 2.45) is 11.3 Å². The van der Waals surface area contributed by atoms with E-state index in [9.17, 15) is 4.79 Å². The Labute approximate surface area is 214 Å². The average Bonchev–Trinajstić information content (AvgIpc) is 2.94. The SMILES string of the molecule is CC1(C)C=C2Nc3ccccc3N(C(=S)Nc3ccccc3)[C@@H](c3ccc(Br)cc3)[C@H]2C(=O)C1. The summed E-state index contributed by atoms with van der Waals surface area (Å²) in [5.41, 5.74) is 4.52. The number of rotatable bonds is 2. The summed E-state index contributed by atoms with van der Waals surface area (Å²) in [6.45, 7) is 4.22. The van der Waals surface area contributed by atoms with E-state index in [1.165, 1.54) is 0 Å². The van der Waals surface area contributed by atoms with Crippen molar-refractivity contribution in [3.8, 4) is 0 Å². The maximum Gasteiger partial charge on any atom is 0.178 e. The molecular weight excluding hydrogens is 506 g/mol. The first-order chi connectivity index (χ1) is 16.3. The first kappa shape index (κ1) is 22.8. The van der Waals surface area contributed by atoms with Gasteiger partial charge in [-0.3, -0.25) is 4.79 Å². The summed E-state index contributed by atoms with van der Waals surface area (Å²) < 4.78 is 0.992. The quantitative estimate of drug-likeness (QED) is 0.339. The number of thiocarbonyl (C=S) groups is 1. The Balaban J connectivity index is 1.71. The maximum atomic E-state index is 13.7. The van der Waals surface area contributed by atoms with Gasteiger partial charge >= 0.3 is 0 Å². The van der Waals surface area contributed by atoms with Gasteiger partial charge in [-0.05, 0) is 59.6 Å². The van der Waals surface area contributed by atoms with Crippen LogP contribution in [-0.4, -0.2) is 10.9 Å². The van der Waals surface area contributed by atoms with E-state index in [2.05, 4.69) is 69.6 Å². The number of ketones is 1. The number of carbonyl (C=O) groups excluding carboxylic acids is 1. The molecule has 0 saturated heterocycles. The van der Waals surface area contributed by atoms with Gasteiger partial charge in [0.2, 0.25) is 0 Å². The molecule has 0 amide bonds. The molecule has 0 spiro atoms. The highest BCUT2D eigenvalue weighted by molar-refractivity contribution is 9.10. The topological polar surface area (TPSA) is 44.4 Å². The third-order valence-electron chi connectivity index (χ3n) is 6.35. The first-order valence-electron chi connectivity index (χ1n) is 11.3. The van der Waals surface area contributed by atoms with Crippen LogP contribution in [0.1, 0.15) is 31.9 Å². The standard InChI is InChI=1S/C28H26BrN3OS/c1-28(2)16-22-25(24(33)17-28)26(18-12-14-19(29)15-13-18)32(23-11-7-6-10-21(23)31-22)27(34)30-20-8-4-3-5-9-20/h3-16,25-26,31H,17H2,1-2H3,(H,30,34)/t25-,26+/m1/s1. The van der Waals surface area contributed by atoms with Crippen molar-refractivity contribution in [2.75, 3.05) is 15.5 Å². The summed E-state index contributed by atoms with van der Waals surface area (Å²) in [6, 6.07) is 25.9. The van der Waals surface area contributed by atoms with Gasteiger partial charge in [0.05, 0.1) is 23.3 Å². The van der Waals surface area contributed by atoms with Crippen LogP contribution >= 0.6 is 28.1 Å². The Morgan fingerprint density at radius 2 is 1.71 bits per heavy atom. The number of para-hydroxylation sites is 3. The van der Waals surface area contributed by atoms with Crippen molar-refractivity contribution in [1.29, 1.82) is 0 Å². The zero-order valence-electron chi connectivity index (χ0n) is 19.1. The van der Waals surface area contributed by atoms with Gasteiger partial charge in [0.1, 0.15) is 5.78 Å². The van der Waals surface area contributed by atoms with Crippen molar-refractivity contribution in [3.05, 3.63) is 101 Å². The van der Waals surface area contributed by atoms with Crippen molar-refractivity contribution >= 4 is 56.1 Å². The molecular formula is C28H26BrN3OS. The number of hydrogen-bond acceptors (Lipinski definition) is 3. The third-order valence-corrected chi connectivity index (χ3v) is 7.18. The number of anilines is 3. The van der Waals surface area contributed by atoms with Crippen molar-refractivity contribution in [1.82, 2.24) is 0 Å². The van der Waals surface area contributed by atoms with Crippen LogP contribution in [0.4, 0.5) is 17.1 Å². The largest absolute Gasteiger partial charge is 0.357 e. The molecule has 0 bridgehead atoms. The number of allylic oxidation sites excluding steroid dienone is 1. The van der Waals surface area contributed by atoms with E-state index in [1.807, 2.05) is 60.7 Å². The smallest absolute Gasteiger partial charge is 0.178 e. The highest BCUT2D eigenvalue weighted by atomic mass is 79.9. The maximum absolute atomic E-state index is 13.7. The summed E-state index contributed by atoms with van der Waals surface area (Å²) in [4.78, 5) is 15.9. The molecule has 172 valence electrons. The number of nitrogens with one attached hydrogen (secondary N) is 2. The number of halogens is 1. The van der Waals surface area contributed by atoms with Crippen LogP contribution in [0.5, 0.6) is 0 Å². The van der Waals surface area contributed by atoms with E-state index >= 15 is 0 Å². The predicted molar refractivity (Wildman–Crippen MR) is 147 cm³/mol. The van der Waals surface area contributed by atoms with Crippen LogP contribution in [0, 0.1) is 11.3 Å². The van der Waals surface area contributed by atoms with Crippen LogP contribution in [0.2, 0.25) is 0 Å². The second kappa shape index (κ2) is 9.01. The lowest BCUT2D eigenvalue weighted by Crippen LogP contribution is -2.45. The fourth-order valence-corrected chi connectivity index (χ4v) is 5.53. The van der Waals surface area contributed by atoms with Crippen LogP contribution < -0.4 is 15.5 Å². The van der Waals surface area contributed by atoms with Crippen LogP contribution in [0.15, 0.2) is 95.1 Å². The van der Waals surface area contributed by atoms with E-state index in [4.69, 9.17) is 12.2 Å². The van der Waals surface area contributed by atoms with Gasteiger partial charge in [0.25, 0.3) is 0 Å². The zero-order chi connectivity index (χ0) is 23.9. The van der Waals surface area contributed by atoms with Crippen LogP contribution in [0.25, 0.3) is 0 Å². The Morgan fingerprint density at radius 3 is 2.44 bits per heavy atom. The molecule has 5 rings (SSSR count). The molecule has 6 heteroatoms. The second-order valence-corrected chi connectivity index (χ2v) is 10.8. The fourth-order valence-electron chi connectivity index (χ4n) is 4.94. The van der Waals surface area contributed by atoms with E-state index in [0.717, 1.165) is 32.8 Å². The lowest BCUT2D eigenvalue weighted by Gasteiger charge is -2.40. The van der Waals surface area contributed by atoms with Gasteiger partial charge in [-0.1, -0.05) is 78.3 Å². The number of carbonyl (C=O) groups is 1. The van der Waals surface area contributed by atoms with Gasteiger partial charge in [0.15, 0.2) is 5.11 Å². The number of nitrogens with zero attached hydrogens (tertiary/aromatic N) is 1. The van der Waals surface area contributed by atoms with Crippen molar-refractivity contribution in [2.45, 2.75) is 26.3 Å². The van der Waals surface area contributed by atoms with E-state index in [1.54, 1.807) is 0 Å². The Bertz CT molecular complexity index is 1270. The average molecular weight is 533 g/mol. The van der Waals surface area contributed by atoms with Crippen LogP contribution in [0.3, 0.4) is 0 Å². The molecule has 4 nitrogen and oxygen atoms in total. The summed E-state index contributed by atoms with van der Waals surface area (Å²) in [5, 5.41) is 7.57. The Hall–Kier alpha value is -2.96. The summed E-state index contributed by atoms with van der Waals surface area (Å²) in [5.74, 6) is -0.166. The van der Waals surface area contributed by atoms with Crippen molar-refractivity contribution < 1.29 is 4.79 Å². The van der Waals surface area contributed by atoms with E-state index < -0.39 is 0 Å². The molecule has 1 aliphatic carbocycles. The van der Waals surface area contributed by atoms with Gasteiger partial charge in [-0.25, -0.2) is 0 Å². The summed E-state index contributed by atoms with van der Waals surface area (Å²) >= 11 is 9.57. The molecule has 3 aromatic carbocycles. The molecule has 3 aromatic rings. The van der Waals surface area contributed by atoms with Gasteiger partial charge < -0.3 is 15.5 Å². The monoisotopic (exact) mass is 531 g/mol. The molecule has 2 atom stereocenters. The fraction of sp³-hybridized carbons (Fsp3) is 0.214. The third kappa shape index (κ3) is 4.40. The van der Waals surface area contributed by atoms with Gasteiger partial charge in [-0.15, -0.1) is 0 Å². The molecule has 2 aliphatic rings. The molecule has 34 heavy (non-hydrogen) atoms. The van der Waals surface area contributed by atoms with Crippen molar-refractivity contribution in [3.63, 3.8) is 0 Å². The number of hydrogen-bond donors (Lipinski definition) is 2. The second-order valence-electron chi connectivity index (χ2n) is 9.51. The minimum Gasteiger partial charge on any atom is -0.357 e. The lowest BCUT2D eigenvalue weighted by atomic mass is 9.72. The number of fused-ring (bicyclic) bond motifs is 2. The predicted octanol–water partition coefficient (Wildman–Crippen LogP) is 7.32. The molecule has 0 saturated carbocycles. The highest BCUT2D eigenvalue weighted by Gasteiger charge is 2.45. The Morgan fingerprint density at radius 1 is 1.03 bits per heavy atom. The molecule has 2 N–H and O–H groups in total. The lowest BCUT2D eigenvalue weighted by molar-refractivity contribution is -0.124. The minimum absolute atomic E-state index is 0.211. The van der Waals surface area contributed by atoms with Gasteiger partial charge in [-0.2, -0.15) is 0 Å². The highest BCUT2D eigenvalue weighted by Crippen LogP contribution is 2.48. The number of Topliss-reactive ketones (excluding diaryl/α,β-unsaturated/α-hetero) is 1. The molecule has 1 heterocycles. The molecule has 0 aromatic heterocycles. The van der Waals surface area contributed by atoms with E-state index in [0.29, 0.717) is 11.5 Å². The molecule has 1 aliphatic heterocycles. The summed E-state index contributed by atoms with van der Waals surface area (Å²) in [7, 11) is 0. The van der Waals surface area contributed by atoms with E-state index in [-0.39, 0.29) is 23.2 Å². The number of benzene rings is 3. The normalized spacial score (nSPS) is 20.9.